The van der Waals surface area contributed by atoms with E-state index in [-0.39, 0.29) is 0 Å². The Bertz CT molecular complexity index is 579. The van der Waals surface area contributed by atoms with E-state index in [1.54, 1.807) is 6.20 Å². The molecule has 1 aromatic heterocycles. The average molecular weight is 285 g/mol. The summed E-state index contributed by atoms with van der Waals surface area (Å²) in [4.78, 5) is 4.32. The lowest BCUT2D eigenvalue weighted by atomic mass is 9.85. The van der Waals surface area contributed by atoms with Crippen molar-refractivity contribution in [1.82, 2.24) is 4.98 Å². The number of hydrogen-bond acceptors (Lipinski definition) is 2. The van der Waals surface area contributed by atoms with E-state index in [1.807, 2.05) is 12.1 Å². The number of hydrogen-bond donors (Lipinski definition) is 1. The number of phenolic OH excluding ortho intramolecular Hbond substituents is 1. The van der Waals surface area contributed by atoms with Crippen LogP contribution in [0.25, 0.3) is 10.9 Å². The van der Waals surface area contributed by atoms with Crippen molar-refractivity contribution >= 4 is 10.9 Å². The molecule has 2 unspecified atom stereocenters. The number of rotatable bonds is 7. The van der Waals surface area contributed by atoms with Gasteiger partial charge in [-0.25, -0.2) is 0 Å². The second-order valence-corrected chi connectivity index (χ2v) is 6.13. The van der Waals surface area contributed by atoms with Crippen LogP contribution in [-0.2, 0) is 0 Å². The van der Waals surface area contributed by atoms with Gasteiger partial charge in [0.1, 0.15) is 11.3 Å². The van der Waals surface area contributed by atoms with Crippen molar-refractivity contribution in [1.29, 1.82) is 0 Å². The molecule has 0 fully saturated rings. The molecule has 0 saturated carbocycles. The highest BCUT2D eigenvalue weighted by molar-refractivity contribution is 5.85. The molecule has 0 saturated heterocycles. The van der Waals surface area contributed by atoms with E-state index < -0.39 is 0 Å². The van der Waals surface area contributed by atoms with Crippen LogP contribution in [0.5, 0.6) is 5.75 Å². The molecule has 1 aromatic carbocycles. The quantitative estimate of drug-likeness (QED) is 0.713. The Labute approximate surface area is 128 Å². The topological polar surface area (TPSA) is 33.1 Å². The maximum absolute atomic E-state index is 10.5. The first-order valence-corrected chi connectivity index (χ1v) is 8.23. The minimum Gasteiger partial charge on any atom is -0.505 e. The van der Waals surface area contributed by atoms with Crippen molar-refractivity contribution in [3.05, 3.63) is 36.0 Å². The Hall–Kier alpha value is -1.57. The van der Waals surface area contributed by atoms with E-state index in [1.165, 1.54) is 25.7 Å². The van der Waals surface area contributed by atoms with Gasteiger partial charge >= 0.3 is 0 Å². The summed E-state index contributed by atoms with van der Waals surface area (Å²) in [7, 11) is 0. The van der Waals surface area contributed by atoms with Gasteiger partial charge in [0.15, 0.2) is 0 Å². The predicted octanol–water partition coefficient (Wildman–Crippen LogP) is 5.65. The van der Waals surface area contributed by atoms with Crippen molar-refractivity contribution in [2.45, 2.75) is 58.8 Å². The first-order valence-electron chi connectivity index (χ1n) is 8.23. The third-order valence-corrected chi connectivity index (χ3v) is 4.54. The maximum atomic E-state index is 10.5. The third kappa shape index (κ3) is 3.75. The van der Waals surface area contributed by atoms with Gasteiger partial charge in [-0.2, -0.15) is 0 Å². The van der Waals surface area contributed by atoms with Crippen molar-refractivity contribution < 1.29 is 5.11 Å². The fraction of sp³-hybridized carbons (Fsp3) is 0.526. The molecule has 0 bridgehead atoms. The summed E-state index contributed by atoms with van der Waals surface area (Å²) in [5.41, 5.74) is 1.76. The van der Waals surface area contributed by atoms with Gasteiger partial charge in [-0.05, 0) is 29.9 Å². The van der Waals surface area contributed by atoms with Crippen LogP contribution in [0.2, 0.25) is 0 Å². The van der Waals surface area contributed by atoms with Gasteiger partial charge in [0.2, 0.25) is 0 Å². The van der Waals surface area contributed by atoms with E-state index >= 15 is 0 Å². The molecule has 2 nitrogen and oxygen atoms in total. The molecule has 2 aromatic rings. The number of phenols is 1. The third-order valence-electron chi connectivity index (χ3n) is 4.54. The second kappa shape index (κ2) is 7.44. The monoisotopic (exact) mass is 285 g/mol. The minimum atomic E-state index is 0.367. The standard InChI is InChI=1S/C19H27NO/c1-4-6-8-15(5-2)13-14(3)17-11-10-16-9-7-12-20-18(16)19(17)21/h7,9-12,14-15,21H,4-6,8,13H2,1-3H3. The Balaban J connectivity index is 2.18. The van der Waals surface area contributed by atoms with Crippen LogP contribution < -0.4 is 0 Å². The van der Waals surface area contributed by atoms with E-state index in [0.717, 1.165) is 28.8 Å². The lowest BCUT2D eigenvalue weighted by Crippen LogP contribution is -2.05. The average Bonchev–Trinajstić information content (AvgIpc) is 2.51. The highest BCUT2D eigenvalue weighted by atomic mass is 16.3. The Morgan fingerprint density at radius 2 is 2.00 bits per heavy atom. The predicted molar refractivity (Wildman–Crippen MR) is 89.7 cm³/mol. The molecule has 2 rings (SSSR count). The van der Waals surface area contributed by atoms with Crippen LogP contribution in [0.4, 0.5) is 0 Å². The maximum Gasteiger partial charge on any atom is 0.145 e. The summed E-state index contributed by atoms with van der Waals surface area (Å²) in [5.74, 6) is 1.49. The zero-order valence-electron chi connectivity index (χ0n) is 13.5. The first kappa shape index (κ1) is 15.8. The summed E-state index contributed by atoms with van der Waals surface area (Å²) >= 11 is 0. The molecule has 0 aliphatic heterocycles. The molecule has 2 atom stereocenters. The van der Waals surface area contributed by atoms with Crippen LogP contribution >= 0.6 is 0 Å². The van der Waals surface area contributed by atoms with Gasteiger partial charge < -0.3 is 5.11 Å². The normalized spacial score (nSPS) is 14.2. The van der Waals surface area contributed by atoms with Gasteiger partial charge in [-0.15, -0.1) is 0 Å². The molecule has 0 amide bonds. The number of fused-ring (bicyclic) bond motifs is 1. The van der Waals surface area contributed by atoms with Crippen LogP contribution in [0.15, 0.2) is 30.5 Å². The number of aromatic nitrogens is 1. The van der Waals surface area contributed by atoms with Gasteiger partial charge in [0, 0.05) is 11.6 Å². The smallest absolute Gasteiger partial charge is 0.145 e. The van der Waals surface area contributed by atoms with Crippen LogP contribution in [0.3, 0.4) is 0 Å². The minimum absolute atomic E-state index is 0.367. The van der Waals surface area contributed by atoms with Gasteiger partial charge in [0.05, 0.1) is 0 Å². The zero-order valence-corrected chi connectivity index (χ0v) is 13.5. The molecule has 0 spiro atoms. The van der Waals surface area contributed by atoms with Crippen LogP contribution in [-0.4, -0.2) is 10.1 Å². The number of aromatic hydroxyl groups is 1. The highest BCUT2D eigenvalue weighted by Gasteiger charge is 2.17. The molecule has 2 heteroatoms. The fourth-order valence-corrected chi connectivity index (χ4v) is 3.15. The molecular weight excluding hydrogens is 258 g/mol. The van der Waals surface area contributed by atoms with E-state index in [2.05, 4.69) is 37.9 Å². The van der Waals surface area contributed by atoms with Crippen molar-refractivity contribution in [2.75, 3.05) is 0 Å². The fourth-order valence-electron chi connectivity index (χ4n) is 3.15. The first-order chi connectivity index (χ1) is 10.2. The number of unbranched alkanes of at least 4 members (excludes halogenated alkanes) is 1. The second-order valence-electron chi connectivity index (χ2n) is 6.13. The van der Waals surface area contributed by atoms with E-state index in [9.17, 15) is 5.11 Å². The summed E-state index contributed by atoms with van der Waals surface area (Å²) in [6.07, 6.45) is 7.96. The Morgan fingerprint density at radius 3 is 2.71 bits per heavy atom. The molecule has 0 aliphatic carbocycles. The highest BCUT2D eigenvalue weighted by Crippen LogP contribution is 2.36. The summed E-state index contributed by atoms with van der Waals surface area (Å²) in [5, 5.41) is 11.5. The van der Waals surface area contributed by atoms with Crippen molar-refractivity contribution in [3.63, 3.8) is 0 Å². The van der Waals surface area contributed by atoms with Crippen LogP contribution in [0, 0.1) is 5.92 Å². The van der Waals surface area contributed by atoms with Gasteiger partial charge in [-0.3, -0.25) is 4.98 Å². The largest absolute Gasteiger partial charge is 0.505 e. The molecular formula is C19H27NO. The van der Waals surface area contributed by atoms with E-state index in [4.69, 9.17) is 0 Å². The molecule has 1 heterocycles. The lowest BCUT2D eigenvalue weighted by molar-refractivity contribution is 0.387. The SMILES string of the molecule is CCCCC(CC)CC(C)c1ccc2cccnc2c1O. The summed E-state index contributed by atoms with van der Waals surface area (Å²) < 4.78 is 0. The van der Waals surface area contributed by atoms with Crippen molar-refractivity contribution in [3.8, 4) is 5.75 Å². The Morgan fingerprint density at radius 1 is 1.19 bits per heavy atom. The lowest BCUT2D eigenvalue weighted by Gasteiger charge is -2.21. The number of nitrogens with zero attached hydrogens (tertiary/aromatic N) is 1. The Kier molecular flexibility index (Phi) is 5.60. The molecule has 0 radical (unpaired) electrons. The summed E-state index contributed by atoms with van der Waals surface area (Å²) in [6, 6.07) is 8.03. The number of benzene rings is 1. The van der Waals surface area contributed by atoms with Gasteiger partial charge in [-0.1, -0.05) is 64.7 Å². The summed E-state index contributed by atoms with van der Waals surface area (Å²) in [6.45, 7) is 6.74. The van der Waals surface area contributed by atoms with Gasteiger partial charge in [0.25, 0.3) is 0 Å². The molecule has 1 N–H and O–H groups in total. The zero-order chi connectivity index (χ0) is 15.2. The van der Waals surface area contributed by atoms with Crippen LogP contribution in [0.1, 0.15) is 64.4 Å². The molecule has 0 aliphatic rings. The number of pyridine rings is 1. The molecule has 114 valence electrons. The van der Waals surface area contributed by atoms with E-state index in [0.29, 0.717) is 11.7 Å². The van der Waals surface area contributed by atoms with Crippen molar-refractivity contribution in [2.24, 2.45) is 5.92 Å². The molecule has 21 heavy (non-hydrogen) atoms.